The predicted molar refractivity (Wildman–Crippen MR) is 78.1 cm³/mol. The van der Waals surface area contributed by atoms with Gasteiger partial charge in [0.1, 0.15) is 5.82 Å². The molecule has 0 saturated heterocycles. The molecule has 2 rings (SSSR count). The molecule has 2 aromatic carbocycles. The van der Waals surface area contributed by atoms with Gasteiger partial charge in [-0.2, -0.15) is 0 Å². The first kappa shape index (κ1) is 14.5. The van der Waals surface area contributed by atoms with Gasteiger partial charge in [-0.1, -0.05) is 41.9 Å². The van der Waals surface area contributed by atoms with Crippen molar-refractivity contribution < 1.29 is 9.18 Å². The molecule has 20 heavy (non-hydrogen) atoms. The van der Waals surface area contributed by atoms with Gasteiger partial charge in [0.05, 0.1) is 6.42 Å². The zero-order valence-corrected chi connectivity index (χ0v) is 11.9. The van der Waals surface area contributed by atoms with Gasteiger partial charge in [-0.05, 0) is 30.2 Å². The Labute approximate surface area is 122 Å². The van der Waals surface area contributed by atoms with Crippen LogP contribution in [0.25, 0.3) is 0 Å². The highest BCUT2D eigenvalue weighted by Crippen LogP contribution is 2.19. The standard InChI is InChI=1S/C16H15ClFNO/c1-11-5-2-3-6-12(11)10-19-16(20)9-13-14(17)7-4-8-15(13)18/h2-8H,9-10H2,1H3,(H,19,20). The van der Waals surface area contributed by atoms with Crippen molar-refractivity contribution in [1.29, 1.82) is 0 Å². The van der Waals surface area contributed by atoms with Crippen LogP contribution in [0.15, 0.2) is 42.5 Å². The molecular weight excluding hydrogens is 277 g/mol. The first-order chi connectivity index (χ1) is 9.58. The van der Waals surface area contributed by atoms with E-state index in [0.717, 1.165) is 11.1 Å². The van der Waals surface area contributed by atoms with E-state index in [2.05, 4.69) is 5.32 Å². The Morgan fingerprint density at radius 3 is 2.65 bits per heavy atom. The molecule has 104 valence electrons. The maximum atomic E-state index is 13.6. The van der Waals surface area contributed by atoms with Crippen molar-refractivity contribution in [1.82, 2.24) is 5.32 Å². The van der Waals surface area contributed by atoms with Gasteiger partial charge in [0.25, 0.3) is 0 Å². The van der Waals surface area contributed by atoms with E-state index >= 15 is 0 Å². The smallest absolute Gasteiger partial charge is 0.224 e. The fourth-order valence-corrected chi connectivity index (χ4v) is 2.16. The second-order valence-electron chi connectivity index (χ2n) is 4.58. The Bertz CT molecular complexity index is 607. The number of rotatable bonds is 4. The lowest BCUT2D eigenvalue weighted by Gasteiger charge is -2.09. The van der Waals surface area contributed by atoms with Crippen LogP contribution in [0, 0.1) is 12.7 Å². The van der Waals surface area contributed by atoms with Crippen LogP contribution in [0.1, 0.15) is 16.7 Å². The predicted octanol–water partition coefficient (Wildman–Crippen LogP) is 3.65. The molecule has 0 unspecified atom stereocenters. The van der Waals surface area contributed by atoms with E-state index in [1.807, 2.05) is 31.2 Å². The van der Waals surface area contributed by atoms with Crippen LogP contribution in [-0.2, 0) is 17.8 Å². The van der Waals surface area contributed by atoms with Crippen LogP contribution >= 0.6 is 11.6 Å². The van der Waals surface area contributed by atoms with Crippen LogP contribution in [0.4, 0.5) is 4.39 Å². The molecule has 1 N–H and O–H groups in total. The second kappa shape index (κ2) is 6.53. The zero-order valence-electron chi connectivity index (χ0n) is 11.1. The number of carbonyl (C=O) groups excluding carboxylic acids is 1. The molecule has 0 heterocycles. The number of hydrogen-bond donors (Lipinski definition) is 1. The van der Waals surface area contributed by atoms with Gasteiger partial charge >= 0.3 is 0 Å². The molecule has 0 saturated carbocycles. The topological polar surface area (TPSA) is 29.1 Å². The molecule has 0 aliphatic rings. The summed E-state index contributed by atoms with van der Waals surface area (Å²) in [7, 11) is 0. The fourth-order valence-electron chi connectivity index (χ4n) is 1.93. The highest BCUT2D eigenvalue weighted by atomic mass is 35.5. The van der Waals surface area contributed by atoms with E-state index in [-0.39, 0.29) is 22.9 Å². The summed E-state index contributed by atoms with van der Waals surface area (Å²) < 4.78 is 13.6. The molecule has 2 aromatic rings. The average molecular weight is 292 g/mol. The molecule has 2 nitrogen and oxygen atoms in total. The summed E-state index contributed by atoms with van der Waals surface area (Å²) in [6.45, 7) is 2.41. The van der Waals surface area contributed by atoms with Crippen molar-refractivity contribution in [3.63, 3.8) is 0 Å². The number of hydrogen-bond acceptors (Lipinski definition) is 1. The summed E-state index contributed by atoms with van der Waals surface area (Å²) in [4.78, 5) is 11.9. The van der Waals surface area contributed by atoms with Crippen molar-refractivity contribution in [2.24, 2.45) is 0 Å². The summed E-state index contributed by atoms with van der Waals surface area (Å²) in [6, 6.07) is 12.2. The van der Waals surface area contributed by atoms with Crippen LogP contribution in [-0.4, -0.2) is 5.91 Å². The van der Waals surface area contributed by atoms with Gasteiger partial charge in [0.2, 0.25) is 5.91 Å². The summed E-state index contributed by atoms with van der Waals surface area (Å²) in [5.41, 5.74) is 2.38. The number of amides is 1. The summed E-state index contributed by atoms with van der Waals surface area (Å²) in [5.74, 6) is -0.705. The largest absolute Gasteiger partial charge is 0.352 e. The van der Waals surface area contributed by atoms with Gasteiger partial charge < -0.3 is 5.32 Å². The van der Waals surface area contributed by atoms with Gasteiger partial charge in [-0.25, -0.2) is 4.39 Å². The Hall–Kier alpha value is -1.87. The van der Waals surface area contributed by atoms with E-state index < -0.39 is 5.82 Å². The molecule has 0 bridgehead atoms. The van der Waals surface area contributed by atoms with Crippen LogP contribution in [0.5, 0.6) is 0 Å². The minimum absolute atomic E-state index is 0.0581. The molecule has 0 aromatic heterocycles. The lowest BCUT2D eigenvalue weighted by molar-refractivity contribution is -0.120. The van der Waals surface area contributed by atoms with E-state index in [1.165, 1.54) is 12.1 Å². The summed E-state index contributed by atoms with van der Waals surface area (Å²) >= 11 is 5.90. The summed E-state index contributed by atoms with van der Waals surface area (Å²) in [6.07, 6.45) is -0.0581. The molecule has 0 atom stereocenters. The zero-order chi connectivity index (χ0) is 14.5. The molecular formula is C16H15ClFNO. The summed E-state index contributed by atoms with van der Waals surface area (Å²) in [5, 5.41) is 3.05. The third-order valence-electron chi connectivity index (χ3n) is 3.14. The van der Waals surface area contributed by atoms with E-state index in [9.17, 15) is 9.18 Å². The highest BCUT2D eigenvalue weighted by Gasteiger charge is 2.11. The maximum Gasteiger partial charge on any atom is 0.224 e. The van der Waals surface area contributed by atoms with Gasteiger partial charge in [-0.3, -0.25) is 4.79 Å². The van der Waals surface area contributed by atoms with Crippen molar-refractivity contribution in [2.75, 3.05) is 0 Å². The lowest BCUT2D eigenvalue weighted by Crippen LogP contribution is -2.25. The first-order valence-electron chi connectivity index (χ1n) is 6.32. The van der Waals surface area contributed by atoms with Crippen molar-refractivity contribution in [2.45, 2.75) is 19.9 Å². The van der Waals surface area contributed by atoms with Crippen molar-refractivity contribution in [3.8, 4) is 0 Å². The van der Waals surface area contributed by atoms with Gasteiger partial charge in [0.15, 0.2) is 0 Å². The quantitative estimate of drug-likeness (QED) is 0.915. The molecule has 0 aliphatic carbocycles. The third-order valence-corrected chi connectivity index (χ3v) is 3.49. The second-order valence-corrected chi connectivity index (χ2v) is 4.99. The number of halogens is 2. The Kier molecular flexibility index (Phi) is 4.74. The highest BCUT2D eigenvalue weighted by molar-refractivity contribution is 6.31. The monoisotopic (exact) mass is 291 g/mol. The normalized spacial score (nSPS) is 10.3. The van der Waals surface area contributed by atoms with Crippen LogP contribution in [0.2, 0.25) is 5.02 Å². The minimum atomic E-state index is -0.455. The van der Waals surface area contributed by atoms with Gasteiger partial charge in [0, 0.05) is 17.1 Å². The fraction of sp³-hybridized carbons (Fsp3) is 0.188. The SMILES string of the molecule is Cc1ccccc1CNC(=O)Cc1c(F)cccc1Cl. The van der Waals surface area contributed by atoms with E-state index in [0.29, 0.717) is 6.54 Å². The van der Waals surface area contributed by atoms with Crippen molar-refractivity contribution >= 4 is 17.5 Å². The van der Waals surface area contributed by atoms with E-state index in [4.69, 9.17) is 11.6 Å². The number of aryl methyl sites for hydroxylation is 1. The Morgan fingerprint density at radius 2 is 1.95 bits per heavy atom. The van der Waals surface area contributed by atoms with Crippen LogP contribution in [0.3, 0.4) is 0 Å². The van der Waals surface area contributed by atoms with Gasteiger partial charge in [-0.15, -0.1) is 0 Å². The Morgan fingerprint density at radius 1 is 1.20 bits per heavy atom. The molecule has 1 amide bonds. The number of nitrogens with one attached hydrogen (secondary N) is 1. The maximum absolute atomic E-state index is 13.6. The first-order valence-corrected chi connectivity index (χ1v) is 6.70. The number of carbonyl (C=O) groups is 1. The molecule has 0 spiro atoms. The Balaban J connectivity index is 1.98. The molecule has 0 radical (unpaired) electrons. The molecule has 0 aliphatic heterocycles. The van der Waals surface area contributed by atoms with E-state index in [1.54, 1.807) is 6.07 Å². The van der Waals surface area contributed by atoms with Crippen LogP contribution < -0.4 is 5.32 Å². The number of benzene rings is 2. The molecule has 0 fully saturated rings. The molecule has 4 heteroatoms. The third kappa shape index (κ3) is 3.58. The van der Waals surface area contributed by atoms with Crippen molar-refractivity contribution in [3.05, 3.63) is 70.0 Å². The lowest BCUT2D eigenvalue weighted by atomic mass is 10.1. The minimum Gasteiger partial charge on any atom is -0.352 e. The average Bonchev–Trinajstić information content (AvgIpc) is 2.42.